The smallest absolute Gasteiger partial charge is 0.329 e. The lowest BCUT2D eigenvalue weighted by Gasteiger charge is -2.23. The number of likely N-dealkylation sites (N-methyl/N-ethyl adjacent to an activating group) is 1. The van der Waals surface area contributed by atoms with Gasteiger partial charge >= 0.3 is 5.69 Å². The molecule has 2 fully saturated rings. The Bertz CT molecular complexity index is 1430. The number of aryl methyl sites for hydroxylation is 1. The van der Waals surface area contributed by atoms with Crippen molar-refractivity contribution in [3.8, 4) is 11.1 Å². The molecule has 1 aromatic carbocycles. The highest BCUT2D eigenvalue weighted by atomic mass is 16.5. The lowest BCUT2D eigenvalue weighted by atomic mass is 10.0. The predicted octanol–water partition coefficient (Wildman–Crippen LogP) is 3.44. The van der Waals surface area contributed by atoms with E-state index >= 15 is 0 Å². The largest absolute Gasteiger partial charge is 0.381 e. The van der Waals surface area contributed by atoms with Crippen LogP contribution in [-0.2, 0) is 11.8 Å². The maximum Gasteiger partial charge on any atom is 0.329 e. The van der Waals surface area contributed by atoms with Gasteiger partial charge in [0.1, 0.15) is 5.82 Å². The highest BCUT2D eigenvalue weighted by Gasteiger charge is 2.25. The number of nitrogens with zero attached hydrogens (tertiary/aromatic N) is 6. The monoisotopic (exact) mass is 472 g/mol. The number of fused-ring (bicyclic) bond motifs is 3. The van der Waals surface area contributed by atoms with E-state index in [1.165, 1.54) is 0 Å². The van der Waals surface area contributed by atoms with E-state index in [1.54, 1.807) is 4.57 Å². The number of benzene rings is 1. The van der Waals surface area contributed by atoms with Crippen molar-refractivity contribution in [3.63, 3.8) is 0 Å². The first kappa shape index (κ1) is 22.2. The van der Waals surface area contributed by atoms with Crippen LogP contribution < -0.4 is 10.6 Å². The van der Waals surface area contributed by atoms with E-state index in [9.17, 15) is 4.79 Å². The zero-order valence-electron chi connectivity index (χ0n) is 20.6. The Balaban J connectivity index is 1.40. The quantitative estimate of drug-likeness (QED) is 0.453. The average Bonchev–Trinajstić information content (AvgIpc) is 3.48. The summed E-state index contributed by atoms with van der Waals surface area (Å²) in [5.74, 6) is 1.03. The van der Waals surface area contributed by atoms with Gasteiger partial charge in [0, 0.05) is 62.6 Å². The van der Waals surface area contributed by atoms with Gasteiger partial charge in [-0.25, -0.2) is 9.78 Å². The van der Waals surface area contributed by atoms with Crippen LogP contribution in [0.2, 0.25) is 0 Å². The maximum atomic E-state index is 13.3. The second-order valence-corrected chi connectivity index (χ2v) is 10.0. The first-order valence-electron chi connectivity index (χ1n) is 12.5. The number of imidazole rings is 1. The highest BCUT2D eigenvalue weighted by molar-refractivity contribution is 6.04. The van der Waals surface area contributed by atoms with Crippen LogP contribution in [0.3, 0.4) is 0 Å². The first-order chi connectivity index (χ1) is 17.0. The fourth-order valence-corrected chi connectivity index (χ4v) is 5.60. The summed E-state index contributed by atoms with van der Waals surface area (Å²) in [6.07, 6.45) is 6.64. The molecule has 8 heteroatoms. The Morgan fingerprint density at radius 3 is 2.51 bits per heavy atom. The fourth-order valence-electron chi connectivity index (χ4n) is 5.60. The minimum absolute atomic E-state index is 0.0132. The second kappa shape index (κ2) is 8.77. The summed E-state index contributed by atoms with van der Waals surface area (Å²) in [7, 11) is 6.12. The number of anilines is 1. The SMILES string of the molecule is CN(C)[C@@H]1CCN(c2ccc(-c3ccc4ncc5c(c4c3)n(C3CCOCC3)c(=O)n5C)cn2)C1. The van der Waals surface area contributed by atoms with Crippen LogP contribution in [0, 0.1) is 0 Å². The summed E-state index contributed by atoms with van der Waals surface area (Å²) in [6, 6.07) is 11.3. The van der Waals surface area contributed by atoms with Crippen molar-refractivity contribution in [2.75, 3.05) is 45.3 Å². The zero-order chi connectivity index (χ0) is 24.1. The molecule has 3 aromatic heterocycles. The van der Waals surface area contributed by atoms with E-state index in [4.69, 9.17) is 9.72 Å². The van der Waals surface area contributed by atoms with Gasteiger partial charge in [-0.3, -0.25) is 14.1 Å². The molecule has 0 bridgehead atoms. The topological polar surface area (TPSA) is 68.4 Å². The van der Waals surface area contributed by atoms with Crippen LogP contribution in [0.15, 0.2) is 47.5 Å². The van der Waals surface area contributed by atoms with Crippen molar-refractivity contribution in [2.24, 2.45) is 7.05 Å². The molecule has 1 atom stereocenters. The number of ether oxygens (including phenoxy) is 1. The van der Waals surface area contributed by atoms with Crippen molar-refractivity contribution < 1.29 is 4.74 Å². The Morgan fingerprint density at radius 2 is 1.80 bits per heavy atom. The summed E-state index contributed by atoms with van der Waals surface area (Å²) in [5.41, 5.74) is 4.88. The molecule has 2 aliphatic heterocycles. The van der Waals surface area contributed by atoms with E-state index in [-0.39, 0.29) is 11.7 Å². The Kier molecular flexibility index (Phi) is 5.57. The molecule has 0 N–H and O–H groups in total. The van der Waals surface area contributed by atoms with Gasteiger partial charge in [-0.05, 0) is 63.2 Å². The zero-order valence-corrected chi connectivity index (χ0v) is 20.6. The van der Waals surface area contributed by atoms with Crippen molar-refractivity contribution in [3.05, 3.63) is 53.2 Å². The van der Waals surface area contributed by atoms with Crippen LogP contribution in [0.25, 0.3) is 33.1 Å². The molecule has 0 amide bonds. The molecule has 2 aliphatic rings. The molecule has 182 valence electrons. The summed E-state index contributed by atoms with van der Waals surface area (Å²) in [5, 5.41) is 1.00. The second-order valence-electron chi connectivity index (χ2n) is 10.0. The molecule has 6 rings (SSSR count). The van der Waals surface area contributed by atoms with Crippen LogP contribution in [0.1, 0.15) is 25.3 Å². The normalized spacial score (nSPS) is 19.4. The van der Waals surface area contributed by atoms with Gasteiger partial charge in [0.25, 0.3) is 0 Å². The van der Waals surface area contributed by atoms with Gasteiger partial charge in [-0.15, -0.1) is 0 Å². The molecule has 0 aliphatic carbocycles. The molecule has 5 heterocycles. The van der Waals surface area contributed by atoms with E-state index in [2.05, 4.69) is 53.1 Å². The van der Waals surface area contributed by atoms with Crippen molar-refractivity contribution in [2.45, 2.75) is 31.3 Å². The molecular formula is C27H32N6O2. The third kappa shape index (κ3) is 3.81. The summed E-state index contributed by atoms with van der Waals surface area (Å²) >= 11 is 0. The Morgan fingerprint density at radius 1 is 1.00 bits per heavy atom. The molecule has 2 saturated heterocycles. The molecule has 4 aromatic rings. The van der Waals surface area contributed by atoms with Crippen LogP contribution >= 0.6 is 0 Å². The molecule has 35 heavy (non-hydrogen) atoms. The summed E-state index contributed by atoms with van der Waals surface area (Å²) < 4.78 is 9.25. The van der Waals surface area contributed by atoms with Crippen molar-refractivity contribution in [1.82, 2.24) is 24.0 Å². The lowest BCUT2D eigenvalue weighted by Crippen LogP contribution is -2.31. The summed E-state index contributed by atoms with van der Waals surface area (Å²) in [4.78, 5) is 27.4. The number of aromatic nitrogens is 4. The van der Waals surface area contributed by atoms with E-state index < -0.39 is 0 Å². The van der Waals surface area contributed by atoms with Gasteiger partial charge in [-0.2, -0.15) is 0 Å². The standard InChI is InChI=1S/C27H32N6O2/c1-30(2)21-8-11-32(17-21)25-7-5-19(15-29-25)18-4-6-23-22(14-18)26-24(16-28-23)31(3)27(34)33(26)20-9-12-35-13-10-20/h4-7,14-16,20-21H,8-13,17H2,1-3H3/t21-/m1/s1. The van der Waals surface area contributed by atoms with E-state index in [0.29, 0.717) is 19.3 Å². The van der Waals surface area contributed by atoms with Gasteiger partial charge in [0.05, 0.1) is 22.7 Å². The summed E-state index contributed by atoms with van der Waals surface area (Å²) in [6.45, 7) is 3.42. The van der Waals surface area contributed by atoms with E-state index in [0.717, 1.165) is 71.2 Å². The van der Waals surface area contributed by atoms with Crippen LogP contribution in [0.4, 0.5) is 5.82 Å². The number of pyridine rings is 2. The van der Waals surface area contributed by atoms with E-state index in [1.807, 2.05) is 30.1 Å². The highest BCUT2D eigenvalue weighted by Crippen LogP contribution is 2.32. The van der Waals surface area contributed by atoms with Gasteiger partial charge < -0.3 is 14.5 Å². The number of hydrogen-bond acceptors (Lipinski definition) is 6. The number of hydrogen-bond donors (Lipinski definition) is 0. The molecule has 0 spiro atoms. The number of rotatable bonds is 4. The molecule has 0 saturated carbocycles. The van der Waals surface area contributed by atoms with Crippen molar-refractivity contribution >= 4 is 27.8 Å². The molecule has 8 nitrogen and oxygen atoms in total. The van der Waals surface area contributed by atoms with Crippen LogP contribution in [-0.4, -0.2) is 70.4 Å². The molecule has 0 unspecified atom stereocenters. The first-order valence-corrected chi connectivity index (χ1v) is 12.5. The maximum absolute atomic E-state index is 13.3. The average molecular weight is 473 g/mol. The molecular weight excluding hydrogens is 440 g/mol. The van der Waals surface area contributed by atoms with Crippen LogP contribution in [0.5, 0.6) is 0 Å². The minimum atomic E-state index is 0.0132. The fraction of sp³-hybridized carbons (Fsp3) is 0.444. The van der Waals surface area contributed by atoms with Gasteiger partial charge in [0.15, 0.2) is 0 Å². The van der Waals surface area contributed by atoms with Gasteiger partial charge in [-0.1, -0.05) is 6.07 Å². The van der Waals surface area contributed by atoms with Gasteiger partial charge in [0.2, 0.25) is 0 Å². The molecule has 0 radical (unpaired) electrons. The Hall–Kier alpha value is -3.23. The Labute approximate surface area is 204 Å². The predicted molar refractivity (Wildman–Crippen MR) is 139 cm³/mol. The van der Waals surface area contributed by atoms with Crippen molar-refractivity contribution in [1.29, 1.82) is 0 Å². The third-order valence-corrected chi connectivity index (χ3v) is 7.77. The lowest BCUT2D eigenvalue weighted by molar-refractivity contribution is 0.0697. The third-order valence-electron chi connectivity index (χ3n) is 7.77. The minimum Gasteiger partial charge on any atom is -0.381 e.